The lowest BCUT2D eigenvalue weighted by atomic mass is 10.0. The molecule has 9 heteroatoms. The molecule has 0 bridgehead atoms. The van der Waals surface area contributed by atoms with E-state index in [4.69, 9.17) is 4.42 Å². The van der Waals surface area contributed by atoms with Crippen molar-refractivity contribution in [2.75, 3.05) is 5.32 Å². The molecule has 0 saturated carbocycles. The highest BCUT2D eigenvalue weighted by molar-refractivity contribution is 5.91. The van der Waals surface area contributed by atoms with E-state index < -0.39 is 11.2 Å². The Bertz CT molecular complexity index is 1410. The molecule has 4 rings (SSSR count). The number of hydrogen-bond donors (Lipinski definition) is 1. The van der Waals surface area contributed by atoms with Gasteiger partial charge in [-0.05, 0) is 49.6 Å². The summed E-state index contributed by atoms with van der Waals surface area (Å²) in [6, 6.07) is 11.0. The molecule has 0 aliphatic heterocycles. The van der Waals surface area contributed by atoms with E-state index in [9.17, 15) is 14.4 Å². The average Bonchev–Trinajstić information content (AvgIpc) is 3.42. The van der Waals surface area contributed by atoms with Crippen LogP contribution in [0.15, 0.2) is 56.7 Å². The van der Waals surface area contributed by atoms with Gasteiger partial charge in [0, 0.05) is 12.2 Å². The van der Waals surface area contributed by atoms with Crippen molar-refractivity contribution in [3.63, 3.8) is 0 Å². The van der Waals surface area contributed by atoms with Crippen molar-refractivity contribution in [2.24, 2.45) is 0 Å². The van der Waals surface area contributed by atoms with Crippen LogP contribution in [-0.2, 0) is 24.4 Å². The minimum atomic E-state index is -0.590. The third kappa shape index (κ3) is 4.26. The fourth-order valence-electron chi connectivity index (χ4n) is 3.93. The van der Waals surface area contributed by atoms with Crippen LogP contribution in [0.1, 0.15) is 43.7 Å². The van der Waals surface area contributed by atoms with Crippen LogP contribution in [0.4, 0.5) is 5.69 Å². The SMILES string of the molecule is CCn1nc(C)c2c1c(=O)n(Cc1ccco1)c(=O)n2CC(=O)Nc1ccc(C(C)C)cc1. The van der Waals surface area contributed by atoms with Crippen molar-refractivity contribution in [1.82, 2.24) is 18.9 Å². The molecule has 0 fully saturated rings. The Hall–Kier alpha value is -3.88. The van der Waals surface area contributed by atoms with Gasteiger partial charge >= 0.3 is 5.69 Å². The standard InChI is InChI=1S/C24H27N5O4/c1-5-29-22-21(16(4)26-29)27(24(32)28(23(22)31)13-19-7-6-12-33-19)14-20(30)25-18-10-8-17(9-11-18)15(2)3/h6-12,15H,5,13-14H2,1-4H3,(H,25,30). The normalized spacial score (nSPS) is 11.4. The highest BCUT2D eigenvalue weighted by atomic mass is 16.3. The van der Waals surface area contributed by atoms with E-state index in [1.165, 1.54) is 16.4 Å². The van der Waals surface area contributed by atoms with Gasteiger partial charge in [0.1, 0.15) is 17.8 Å². The summed E-state index contributed by atoms with van der Waals surface area (Å²) in [5.74, 6) is 0.478. The van der Waals surface area contributed by atoms with Crippen LogP contribution in [0.2, 0.25) is 0 Å². The van der Waals surface area contributed by atoms with Crippen LogP contribution in [0.5, 0.6) is 0 Å². The molecular weight excluding hydrogens is 422 g/mol. The number of anilines is 1. The monoisotopic (exact) mass is 449 g/mol. The Morgan fingerprint density at radius 3 is 2.42 bits per heavy atom. The van der Waals surface area contributed by atoms with Crippen LogP contribution in [0.25, 0.3) is 11.0 Å². The molecule has 172 valence electrons. The average molecular weight is 450 g/mol. The van der Waals surface area contributed by atoms with Gasteiger partial charge in [-0.15, -0.1) is 0 Å². The van der Waals surface area contributed by atoms with Crippen LogP contribution in [0, 0.1) is 6.92 Å². The number of fused-ring (bicyclic) bond motifs is 1. The van der Waals surface area contributed by atoms with Gasteiger partial charge in [-0.25, -0.2) is 4.79 Å². The number of nitrogens with zero attached hydrogens (tertiary/aromatic N) is 4. The molecule has 9 nitrogen and oxygen atoms in total. The number of amides is 1. The Kier molecular flexibility index (Phi) is 6.04. The minimum Gasteiger partial charge on any atom is -0.467 e. The van der Waals surface area contributed by atoms with Gasteiger partial charge in [0.25, 0.3) is 5.56 Å². The van der Waals surface area contributed by atoms with Gasteiger partial charge in [-0.1, -0.05) is 26.0 Å². The van der Waals surface area contributed by atoms with Crippen LogP contribution in [-0.4, -0.2) is 24.8 Å². The van der Waals surface area contributed by atoms with E-state index >= 15 is 0 Å². The first kappa shape index (κ1) is 22.3. The number of aryl methyl sites for hydroxylation is 2. The van der Waals surface area contributed by atoms with E-state index in [-0.39, 0.29) is 24.5 Å². The summed E-state index contributed by atoms with van der Waals surface area (Å²) in [5.41, 5.74) is 1.92. The zero-order chi connectivity index (χ0) is 23.7. The maximum atomic E-state index is 13.4. The van der Waals surface area contributed by atoms with Crippen molar-refractivity contribution in [2.45, 2.75) is 53.2 Å². The second-order valence-corrected chi connectivity index (χ2v) is 8.26. The molecule has 0 aliphatic carbocycles. The fourth-order valence-corrected chi connectivity index (χ4v) is 3.93. The molecule has 0 atom stereocenters. The number of nitrogens with one attached hydrogen (secondary N) is 1. The zero-order valence-electron chi connectivity index (χ0n) is 19.2. The van der Waals surface area contributed by atoms with E-state index in [1.807, 2.05) is 31.2 Å². The quantitative estimate of drug-likeness (QED) is 0.467. The summed E-state index contributed by atoms with van der Waals surface area (Å²) >= 11 is 0. The van der Waals surface area contributed by atoms with Gasteiger partial charge < -0.3 is 9.73 Å². The smallest absolute Gasteiger partial charge is 0.332 e. The molecule has 1 aromatic carbocycles. The highest BCUT2D eigenvalue weighted by Gasteiger charge is 2.22. The lowest BCUT2D eigenvalue weighted by Crippen LogP contribution is -2.42. The molecule has 3 aromatic heterocycles. The number of aromatic nitrogens is 4. The van der Waals surface area contributed by atoms with Crippen LogP contribution < -0.4 is 16.6 Å². The van der Waals surface area contributed by atoms with Crippen LogP contribution >= 0.6 is 0 Å². The number of carbonyl (C=O) groups excluding carboxylic acids is 1. The predicted octanol–water partition coefficient (Wildman–Crippen LogP) is 3.09. The van der Waals surface area contributed by atoms with Gasteiger partial charge in [0.05, 0.1) is 18.5 Å². The molecule has 0 aliphatic rings. The molecule has 1 N–H and O–H groups in total. The molecule has 3 heterocycles. The van der Waals surface area contributed by atoms with E-state index in [0.717, 1.165) is 4.57 Å². The van der Waals surface area contributed by atoms with Crippen LogP contribution in [0.3, 0.4) is 0 Å². The Morgan fingerprint density at radius 2 is 1.82 bits per heavy atom. The van der Waals surface area contributed by atoms with Gasteiger partial charge in [-0.2, -0.15) is 5.10 Å². The summed E-state index contributed by atoms with van der Waals surface area (Å²) in [6.45, 7) is 7.95. The number of hydrogen-bond acceptors (Lipinski definition) is 5. The summed E-state index contributed by atoms with van der Waals surface area (Å²) < 4.78 is 9.29. The number of carbonyl (C=O) groups is 1. The molecule has 0 unspecified atom stereocenters. The first-order valence-electron chi connectivity index (χ1n) is 10.9. The molecule has 4 aromatic rings. The molecular formula is C24H27N5O4. The lowest BCUT2D eigenvalue weighted by molar-refractivity contribution is -0.116. The van der Waals surface area contributed by atoms with E-state index in [1.54, 1.807) is 23.7 Å². The topological polar surface area (TPSA) is 104 Å². The van der Waals surface area contributed by atoms with Gasteiger partial charge in [0.15, 0.2) is 5.52 Å². The Labute approximate surface area is 190 Å². The largest absolute Gasteiger partial charge is 0.467 e. The van der Waals surface area contributed by atoms with Crippen molar-refractivity contribution in [1.29, 1.82) is 0 Å². The van der Waals surface area contributed by atoms with Crippen molar-refractivity contribution in [3.05, 3.63) is 80.5 Å². The molecule has 0 spiro atoms. The van der Waals surface area contributed by atoms with Gasteiger partial charge in [0.2, 0.25) is 5.91 Å². The van der Waals surface area contributed by atoms with E-state index in [2.05, 4.69) is 24.3 Å². The number of benzene rings is 1. The summed E-state index contributed by atoms with van der Waals surface area (Å²) in [6.07, 6.45) is 1.48. The van der Waals surface area contributed by atoms with Crippen molar-refractivity contribution >= 4 is 22.6 Å². The second kappa shape index (κ2) is 8.93. The number of furan rings is 1. The molecule has 33 heavy (non-hydrogen) atoms. The summed E-state index contributed by atoms with van der Waals surface area (Å²) in [4.78, 5) is 39.5. The maximum Gasteiger partial charge on any atom is 0.332 e. The molecule has 0 radical (unpaired) electrons. The van der Waals surface area contributed by atoms with Crippen molar-refractivity contribution < 1.29 is 9.21 Å². The number of rotatable bonds is 7. The Balaban J connectivity index is 1.75. The maximum absolute atomic E-state index is 13.4. The molecule has 1 amide bonds. The zero-order valence-corrected chi connectivity index (χ0v) is 19.2. The Morgan fingerprint density at radius 1 is 1.09 bits per heavy atom. The summed E-state index contributed by atoms with van der Waals surface area (Å²) in [5, 5.41) is 7.25. The fraction of sp³-hybridized carbons (Fsp3) is 0.333. The predicted molar refractivity (Wildman–Crippen MR) is 126 cm³/mol. The van der Waals surface area contributed by atoms with E-state index in [0.29, 0.717) is 35.1 Å². The third-order valence-corrected chi connectivity index (χ3v) is 5.63. The third-order valence-electron chi connectivity index (χ3n) is 5.63. The second-order valence-electron chi connectivity index (χ2n) is 8.26. The highest BCUT2D eigenvalue weighted by Crippen LogP contribution is 2.18. The molecule has 0 saturated heterocycles. The minimum absolute atomic E-state index is 0.0349. The first-order valence-corrected chi connectivity index (χ1v) is 10.9. The van der Waals surface area contributed by atoms with Crippen molar-refractivity contribution in [3.8, 4) is 0 Å². The van der Waals surface area contributed by atoms with Gasteiger partial charge in [-0.3, -0.25) is 23.4 Å². The first-order chi connectivity index (χ1) is 15.8. The summed E-state index contributed by atoms with van der Waals surface area (Å²) in [7, 11) is 0. The lowest BCUT2D eigenvalue weighted by Gasteiger charge is -2.13.